The van der Waals surface area contributed by atoms with Crippen LogP contribution in [0.4, 0.5) is 0 Å². The SMILES string of the molecule is CC(Cl)OP(O)OCCOP(O)OC(C)Cl. The molecule has 0 radical (unpaired) electrons. The van der Waals surface area contributed by atoms with Gasteiger partial charge in [-0.25, -0.2) is 0 Å². The molecule has 0 aromatic heterocycles. The van der Waals surface area contributed by atoms with Gasteiger partial charge in [0.25, 0.3) is 0 Å². The lowest BCUT2D eigenvalue weighted by atomic mass is 10.8. The van der Waals surface area contributed by atoms with E-state index in [9.17, 15) is 0 Å². The lowest BCUT2D eigenvalue weighted by molar-refractivity contribution is 0.140. The monoisotopic (exact) mass is 314 g/mol. The minimum atomic E-state index is -2.02. The minimum absolute atomic E-state index is 0.0469. The first-order valence-electron chi connectivity index (χ1n) is 4.27. The van der Waals surface area contributed by atoms with Crippen LogP contribution >= 0.6 is 40.4 Å². The summed E-state index contributed by atoms with van der Waals surface area (Å²) in [6.45, 7) is 3.20. The first-order chi connectivity index (χ1) is 7.41. The normalized spacial score (nSPS) is 19.1. The predicted molar refractivity (Wildman–Crippen MR) is 63.0 cm³/mol. The Morgan fingerprint density at radius 2 is 1.25 bits per heavy atom. The van der Waals surface area contributed by atoms with Gasteiger partial charge in [0.05, 0.1) is 13.2 Å². The van der Waals surface area contributed by atoms with Crippen molar-refractivity contribution in [2.75, 3.05) is 13.2 Å². The molecule has 0 amide bonds. The fraction of sp³-hybridized carbons (Fsp3) is 1.00. The topological polar surface area (TPSA) is 77.4 Å². The average Bonchev–Trinajstić information content (AvgIpc) is 2.10. The minimum Gasteiger partial charge on any atom is -0.328 e. The number of hydrogen-bond donors (Lipinski definition) is 2. The summed E-state index contributed by atoms with van der Waals surface area (Å²) in [5.74, 6) is 0. The van der Waals surface area contributed by atoms with Gasteiger partial charge in [0.2, 0.25) is 0 Å². The summed E-state index contributed by atoms with van der Waals surface area (Å²) >= 11 is 10.9. The molecule has 0 bridgehead atoms. The molecule has 16 heavy (non-hydrogen) atoms. The van der Waals surface area contributed by atoms with Crippen LogP contribution in [0.1, 0.15) is 13.8 Å². The van der Waals surface area contributed by atoms with Gasteiger partial charge >= 0.3 is 17.2 Å². The molecule has 0 aliphatic rings. The van der Waals surface area contributed by atoms with Crippen LogP contribution in [0.5, 0.6) is 0 Å². The summed E-state index contributed by atoms with van der Waals surface area (Å²) in [7, 11) is -4.04. The molecule has 0 aromatic carbocycles. The lowest BCUT2D eigenvalue weighted by Crippen LogP contribution is -2.04. The Bertz CT molecular complexity index is 157. The van der Waals surface area contributed by atoms with E-state index in [-0.39, 0.29) is 13.2 Å². The molecule has 0 aromatic rings. The predicted octanol–water partition coefficient (Wildman–Crippen LogP) is 2.66. The Hall–Kier alpha value is 1.20. The summed E-state index contributed by atoms with van der Waals surface area (Å²) in [4.78, 5) is 18.2. The molecule has 4 atom stereocenters. The zero-order valence-electron chi connectivity index (χ0n) is 8.75. The molecule has 0 fully saturated rings. The van der Waals surface area contributed by atoms with Crippen molar-refractivity contribution in [3.8, 4) is 0 Å². The van der Waals surface area contributed by atoms with Crippen molar-refractivity contribution in [1.29, 1.82) is 0 Å². The van der Waals surface area contributed by atoms with Crippen LogP contribution in [0, 0.1) is 0 Å². The van der Waals surface area contributed by atoms with Crippen LogP contribution in [-0.4, -0.2) is 34.1 Å². The summed E-state index contributed by atoms with van der Waals surface area (Å²) in [5, 5.41) is 0. The molecule has 6 nitrogen and oxygen atoms in total. The third-order valence-electron chi connectivity index (χ3n) is 0.958. The van der Waals surface area contributed by atoms with Gasteiger partial charge in [0, 0.05) is 0 Å². The van der Waals surface area contributed by atoms with E-state index >= 15 is 0 Å². The van der Waals surface area contributed by atoms with Crippen molar-refractivity contribution in [1.82, 2.24) is 0 Å². The van der Waals surface area contributed by atoms with Crippen LogP contribution in [0.15, 0.2) is 0 Å². The highest BCUT2D eigenvalue weighted by atomic mass is 35.5. The highest BCUT2D eigenvalue weighted by Gasteiger charge is 2.12. The molecule has 98 valence electrons. The van der Waals surface area contributed by atoms with Crippen molar-refractivity contribution >= 4 is 40.4 Å². The van der Waals surface area contributed by atoms with Gasteiger partial charge in [-0.2, -0.15) is 0 Å². The molecule has 0 heterocycles. The smallest absolute Gasteiger partial charge is 0.328 e. The van der Waals surface area contributed by atoms with Gasteiger partial charge in [-0.15, -0.1) is 0 Å². The van der Waals surface area contributed by atoms with Crippen LogP contribution in [-0.2, 0) is 18.1 Å². The molecule has 0 spiro atoms. The van der Waals surface area contributed by atoms with E-state index in [2.05, 4.69) is 0 Å². The second-order valence-electron chi connectivity index (χ2n) is 2.44. The van der Waals surface area contributed by atoms with Crippen molar-refractivity contribution in [2.24, 2.45) is 0 Å². The first kappa shape index (κ1) is 17.2. The zero-order valence-corrected chi connectivity index (χ0v) is 12.0. The maximum atomic E-state index is 9.10. The molecule has 10 heteroatoms. The number of alkyl halides is 2. The van der Waals surface area contributed by atoms with Gasteiger partial charge < -0.3 is 18.8 Å². The van der Waals surface area contributed by atoms with E-state index in [4.69, 9.17) is 51.1 Å². The summed E-state index contributed by atoms with van der Waals surface area (Å²) < 4.78 is 19.1. The van der Waals surface area contributed by atoms with Gasteiger partial charge in [0.1, 0.15) is 11.1 Å². The fourth-order valence-corrected chi connectivity index (χ4v) is 2.03. The first-order valence-corrected chi connectivity index (χ1v) is 7.40. The standard InChI is InChI=1S/C6H14Cl2O6P2/c1-5(7)13-15(9)11-3-4-12-16(10)14-6(2)8/h5-6,9-10H,3-4H2,1-2H3. The summed E-state index contributed by atoms with van der Waals surface area (Å²) in [5.41, 5.74) is -1.26. The highest BCUT2D eigenvalue weighted by Crippen LogP contribution is 2.37. The van der Waals surface area contributed by atoms with Crippen LogP contribution < -0.4 is 0 Å². The van der Waals surface area contributed by atoms with E-state index in [0.29, 0.717) is 0 Å². The van der Waals surface area contributed by atoms with Gasteiger partial charge in [-0.1, -0.05) is 23.2 Å². The molecule has 0 saturated heterocycles. The van der Waals surface area contributed by atoms with E-state index < -0.39 is 28.3 Å². The molecule has 0 saturated carbocycles. The third-order valence-corrected chi connectivity index (χ3v) is 3.18. The van der Waals surface area contributed by atoms with Crippen molar-refractivity contribution in [2.45, 2.75) is 25.0 Å². The molecule has 4 unspecified atom stereocenters. The fourth-order valence-electron chi connectivity index (χ4n) is 0.540. The van der Waals surface area contributed by atoms with Crippen molar-refractivity contribution in [3.05, 3.63) is 0 Å². The van der Waals surface area contributed by atoms with Crippen molar-refractivity contribution in [3.63, 3.8) is 0 Å². The van der Waals surface area contributed by atoms with Gasteiger partial charge in [-0.3, -0.25) is 9.05 Å². The molecular formula is C6H14Cl2O6P2. The van der Waals surface area contributed by atoms with Gasteiger partial charge in [-0.05, 0) is 13.8 Å². The Kier molecular flexibility index (Phi) is 10.9. The highest BCUT2D eigenvalue weighted by molar-refractivity contribution is 7.41. The van der Waals surface area contributed by atoms with Gasteiger partial charge in [0.15, 0.2) is 0 Å². The van der Waals surface area contributed by atoms with Crippen LogP contribution in [0.3, 0.4) is 0 Å². The second kappa shape index (κ2) is 10.2. The Morgan fingerprint density at radius 3 is 1.50 bits per heavy atom. The number of rotatable bonds is 9. The quantitative estimate of drug-likeness (QED) is 0.387. The van der Waals surface area contributed by atoms with E-state index in [1.165, 1.54) is 0 Å². The van der Waals surface area contributed by atoms with Crippen LogP contribution in [0.25, 0.3) is 0 Å². The third kappa shape index (κ3) is 11.7. The van der Waals surface area contributed by atoms with E-state index in [0.717, 1.165) is 0 Å². The van der Waals surface area contributed by atoms with E-state index in [1.54, 1.807) is 13.8 Å². The second-order valence-corrected chi connectivity index (χ2v) is 5.56. The largest absolute Gasteiger partial charge is 0.331 e. The Balaban J connectivity index is 3.38. The average molecular weight is 315 g/mol. The maximum absolute atomic E-state index is 9.10. The zero-order chi connectivity index (χ0) is 12.6. The molecule has 0 aliphatic carbocycles. The number of hydrogen-bond acceptors (Lipinski definition) is 6. The summed E-state index contributed by atoms with van der Waals surface area (Å²) in [6.07, 6.45) is 0. The number of halogens is 2. The Labute approximate surface area is 107 Å². The lowest BCUT2D eigenvalue weighted by Gasteiger charge is -2.14. The van der Waals surface area contributed by atoms with Crippen molar-refractivity contribution < 1.29 is 27.9 Å². The molecular weight excluding hydrogens is 301 g/mol. The molecule has 0 aliphatic heterocycles. The Morgan fingerprint density at radius 1 is 0.938 bits per heavy atom. The summed E-state index contributed by atoms with van der Waals surface area (Å²) in [6, 6.07) is 0. The maximum Gasteiger partial charge on any atom is 0.331 e. The van der Waals surface area contributed by atoms with E-state index in [1.807, 2.05) is 0 Å². The van der Waals surface area contributed by atoms with Crippen LogP contribution in [0.2, 0.25) is 0 Å². The molecule has 0 rings (SSSR count). The molecule has 2 N–H and O–H groups in total.